The van der Waals surface area contributed by atoms with Gasteiger partial charge in [-0.15, -0.1) is 0 Å². The van der Waals surface area contributed by atoms with Crippen LogP contribution >= 0.6 is 0 Å². The highest BCUT2D eigenvalue weighted by Crippen LogP contribution is 2.36. The van der Waals surface area contributed by atoms with Crippen LogP contribution in [0.15, 0.2) is 36.4 Å². The molecule has 144 valence electrons. The van der Waals surface area contributed by atoms with Crippen molar-refractivity contribution in [2.45, 2.75) is 19.3 Å². The number of hydrogen-bond acceptors (Lipinski definition) is 3. The van der Waals surface area contributed by atoms with E-state index in [0.29, 0.717) is 5.56 Å². The minimum absolute atomic E-state index is 0.102. The molecule has 0 spiro atoms. The number of halogens is 6. The lowest BCUT2D eigenvalue weighted by Crippen LogP contribution is -2.17. The van der Waals surface area contributed by atoms with Crippen LogP contribution in [0.3, 0.4) is 0 Å². The van der Waals surface area contributed by atoms with Gasteiger partial charge in [0.15, 0.2) is 0 Å². The van der Waals surface area contributed by atoms with E-state index < -0.39 is 45.6 Å². The highest BCUT2D eigenvalue weighted by atomic mass is 19.4. The second-order valence-corrected chi connectivity index (χ2v) is 5.51. The van der Waals surface area contributed by atoms with Crippen molar-refractivity contribution in [1.82, 2.24) is 0 Å². The third kappa shape index (κ3) is 4.74. The standard InChI is InChI=1S/C16H10F6N2O3/c1-8-2-3-12(24(26)27)7-13(8)23-14(25)9-4-10(15(17,18)19)6-11(5-9)16(20,21)22/h2-7H,1H3,(H,23,25). The first-order chi connectivity index (χ1) is 12.3. The van der Waals surface area contributed by atoms with Gasteiger partial charge in [-0.3, -0.25) is 14.9 Å². The minimum atomic E-state index is -5.10. The van der Waals surface area contributed by atoms with Gasteiger partial charge in [-0.05, 0) is 30.7 Å². The molecule has 0 unspecified atom stereocenters. The van der Waals surface area contributed by atoms with Crippen molar-refractivity contribution < 1.29 is 36.1 Å². The Morgan fingerprint density at radius 2 is 1.48 bits per heavy atom. The third-order valence-corrected chi connectivity index (χ3v) is 3.53. The molecule has 0 atom stereocenters. The molecule has 0 aliphatic rings. The van der Waals surface area contributed by atoms with Crippen molar-refractivity contribution in [3.63, 3.8) is 0 Å². The Balaban J connectivity index is 2.47. The monoisotopic (exact) mass is 392 g/mol. The van der Waals surface area contributed by atoms with Gasteiger partial charge in [0.05, 0.1) is 21.7 Å². The van der Waals surface area contributed by atoms with Crippen molar-refractivity contribution in [3.8, 4) is 0 Å². The molecule has 1 amide bonds. The maximum Gasteiger partial charge on any atom is 0.416 e. The van der Waals surface area contributed by atoms with E-state index in [9.17, 15) is 41.3 Å². The normalized spacial score (nSPS) is 12.0. The first kappa shape index (κ1) is 20.2. The van der Waals surface area contributed by atoms with E-state index >= 15 is 0 Å². The first-order valence-electron chi connectivity index (χ1n) is 7.15. The maximum absolute atomic E-state index is 12.9. The third-order valence-electron chi connectivity index (χ3n) is 3.53. The summed E-state index contributed by atoms with van der Waals surface area (Å²) in [5.74, 6) is -1.27. The zero-order valence-electron chi connectivity index (χ0n) is 13.4. The van der Waals surface area contributed by atoms with E-state index in [1.54, 1.807) is 0 Å². The summed E-state index contributed by atoms with van der Waals surface area (Å²) in [7, 11) is 0. The van der Waals surface area contributed by atoms with Gasteiger partial charge in [0.1, 0.15) is 0 Å². The van der Waals surface area contributed by atoms with E-state index in [1.165, 1.54) is 13.0 Å². The van der Waals surface area contributed by atoms with Crippen LogP contribution in [0, 0.1) is 17.0 Å². The lowest BCUT2D eigenvalue weighted by atomic mass is 10.0. The summed E-state index contributed by atoms with van der Waals surface area (Å²) in [6.45, 7) is 1.45. The number of carbonyl (C=O) groups excluding carboxylic acids is 1. The molecule has 0 bridgehead atoms. The number of aryl methyl sites for hydroxylation is 1. The molecule has 0 radical (unpaired) electrons. The largest absolute Gasteiger partial charge is 0.416 e. The molecule has 2 rings (SSSR count). The minimum Gasteiger partial charge on any atom is -0.321 e. The van der Waals surface area contributed by atoms with Crippen molar-refractivity contribution in [1.29, 1.82) is 0 Å². The van der Waals surface area contributed by atoms with Gasteiger partial charge in [-0.2, -0.15) is 26.3 Å². The average molecular weight is 392 g/mol. The van der Waals surface area contributed by atoms with Gasteiger partial charge < -0.3 is 5.32 Å². The van der Waals surface area contributed by atoms with E-state index in [2.05, 4.69) is 5.32 Å². The molecular formula is C16H10F6N2O3. The number of anilines is 1. The van der Waals surface area contributed by atoms with Crippen LogP contribution in [0.1, 0.15) is 27.0 Å². The fourth-order valence-electron chi connectivity index (χ4n) is 2.14. The van der Waals surface area contributed by atoms with E-state index in [1.807, 2.05) is 0 Å². The van der Waals surface area contributed by atoms with Crippen LogP contribution in [-0.4, -0.2) is 10.8 Å². The number of non-ortho nitro benzene ring substituents is 1. The number of nitrogens with one attached hydrogen (secondary N) is 1. The molecule has 0 aliphatic carbocycles. The van der Waals surface area contributed by atoms with Crippen molar-refractivity contribution in [2.75, 3.05) is 5.32 Å². The molecule has 2 aromatic rings. The number of nitro benzene ring substituents is 1. The number of benzene rings is 2. The van der Waals surface area contributed by atoms with Crippen LogP contribution in [0.25, 0.3) is 0 Å². The average Bonchev–Trinajstić information content (AvgIpc) is 2.54. The summed E-state index contributed by atoms with van der Waals surface area (Å²) in [4.78, 5) is 22.2. The quantitative estimate of drug-likeness (QED) is 0.444. The number of hydrogen-bond donors (Lipinski definition) is 1. The number of amides is 1. The van der Waals surface area contributed by atoms with Gasteiger partial charge in [-0.1, -0.05) is 6.07 Å². The number of rotatable bonds is 3. The summed E-state index contributed by atoms with van der Waals surface area (Å²) in [5.41, 5.74) is -4.35. The number of carbonyl (C=O) groups is 1. The zero-order valence-corrected chi connectivity index (χ0v) is 13.4. The molecular weight excluding hydrogens is 382 g/mol. The second kappa shape index (κ2) is 6.89. The Bertz CT molecular complexity index is 874. The fraction of sp³-hybridized carbons (Fsp3) is 0.188. The number of alkyl halides is 6. The van der Waals surface area contributed by atoms with E-state index in [0.717, 1.165) is 12.1 Å². The van der Waals surface area contributed by atoms with Gasteiger partial charge in [0.2, 0.25) is 0 Å². The van der Waals surface area contributed by atoms with E-state index in [-0.39, 0.29) is 23.9 Å². The molecule has 0 saturated heterocycles. The number of nitrogens with zero attached hydrogens (tertiary/aromatic N) is 1. The molecule has 5 nitrogen and oxygen atoms in total. The predicted molar refractivity (Wildman–Crippen MR) is 82.2 cm³/mol. The molecule has 2 aromatic carbocycles. The molecule has 0 saturated carbocycles. The summed E-state index contributed by atoms with van der Waals surface area (Å²) < 4.78 is 77.1. The second-order valence-electron chi connectivity index (χ2n) is 5.51. The van der Waals surface area contributed by atoms with Crippen LogP contribution in [-0.2, 0) is 12.4 Å². The van der Waals surface area contributed by atoms with Crippen molar-refractivity contribution in [2.24, 2.45) is 0 Å². The van der Waals surface area contributed by atoms with Gasteiger partial charge in [0, 0.05) is 17.7 Å². The van der Waals surface area contributed by atoms with Crippen LogP contribution in [0.4, 0.5) is 37.7 Å². The lowest BCUT2D eigenvalue weighted by Gasteiger charge is -2.14. The highest BCUT2D eigenvalue weighted by Gasteiger charge is 2.37. The molecule has 0 heterocycles. The van der Waals surface area contributed by atoms with Gasteiger partial charge in [-0.25, -0.2) is 0 Å². The van der Waals surface area contributed by atoms with Crippen molar-refractivity contribution >= 4 is 17.3 Å². The van der Waals surface area contributed by atoms with Gasteiger partial charge >= 0.3 is 12.4 Å². The summed E-state index contributed by atoms with van der Waals surface area (Å²) in [5, 5.41) is 12.9. The Hall–Kier alpha value is -3.11. The predicted octanol–water partition coefficient (Wildman–Crippen LogP) is 5.19. The topological polar surface area (TPSA) is 72.2 Å². The molecule has 11 heteroatoms. The zero-order chi connectivity index (χ0) is 20.6. The molecule has 27 heavy (non-hydrogen) atoms. The molecule has 0 aliphatic heterocycles. The van der Waals surface area contributed by atoms with Gasteiger partial charge in [0.25, 0.3) is 11.6 Å². The van der Waals surface area contributed by atoms with Crippen LogP contribution in [0.5, 0.6) is 0 Å². The molecule has 1 N–H and O–H groups in total. The Labute approximate surface area is 147 Å². The Morgan fingerprint density at radius 1 is 0.963 bits per heavy atom. The summed E-state index contributed by atoms with van der Waals surface area (Å²) in [6.07, 6.45) is -10.2. The Morgan fingerprint density at radius 3 is 1.93 bits per heavy atom. The smallest absolute Gasteiger partial charge is 0.321 e. The molecule has 0 aromatic heterocycles. The first-order valence-corrected chi connectivity index (χ1v) is 7.15. The fourth-order valence-corrected chi connectivity index (χ4v) is 2.14. The molecule has 0 fully saturated rings. The SMILES string of the molecule is Cc1ccc([N+](=O)[O-])cc1NC(=O)c1cc(C(F)(F)F)cc(C(F)(F)F)c1. The highest BCUT2D eigenvalue weighted by molar-refractivity contribution is 6.05. The van der Waals surface area contributed by atoms with E-state index in [4.69, 9.17) is 0 Å². The number of nitro groups is 1. The summed E-state index contributed by atoms with van der Waals surface area (Å²) in [6, 6.07) is 3.81. The Kier molecular flexibility index (Phi) is 5.16. The maximum atomic E-state index is 12.9. The lowest BCUT2D eigenvalue weighted by molar-refractivity contribution is -0.384. The van der Waals surface area contributed by atoms with Crippen LogP contribution < -0.4 is 5.32 Å². The van der Waals surface area contributed by atoms with Crippen LogP contribution in [0.2, 0.25) is 0 Å². The summed E-state index contributed by atoms with van der Waals surface area (Å²) >= 11 is 0. The van der Waals surface area contributed by atoms with Crippen molar-refractivity contribution in [3.05, 3.63) is 68.8 Å².